The number of ether oxygens (including phenoxy) is 1. The molecule has 176 valence electrons. The predicted molar refractivity (Wildman–Crippen MR) is 143 cm³/mol. The number of thiophene rings is 1. The summed E-state index contributed by atoms with van der Waals surface area (Å²) in [5.74, 6) is 1.39. The highest BCUT2D eigenvalue weighted by Gasteiger charge is 2.26. The molecule has 1 N–H and O–H groups in total. The lowest BCUT2D eigenvalue weighted by Crippen LogP contribution is -2.10. The van der Waals surface area contributed by atoms with Crippen molar-refractivity contribution in [2.75, 3.05) is 10.6 Å². The second-order valence-corrected chi connectivity index (χ2v) is 10.3. The fraction of sp³-hybridized carbons (Fsp3) is 0.200. The maximum absolute atomic E-state index is 6.53. The van der Waals surface area contributed by atoms with Crippen LogP contribution in [0.1, 0.15) is 17.0 Å². The Kier molecular flexibility index (Phi) is 6.13. The molecule has 0 fully saturated rings. The second kappa shape index (κ2) is 9.56. The Balaban J connectivity index is 1.28. The van der Waals surface area contributed by atoms with Gasteiger partial charge in [-0.25, -0.2) is 9.97 Å². The van der Waals surface area contributed by atoms with Crippen LogP contribution in [0.25, 0.3) is 20.7 Å². The lowest BCUT2D eigenvalue weighted by molar-refractivity contribution is 0.301. The molecule has 0 saturated carbocycles. The Morgan fingerprint density at radius 3 is 2.91 bits per heavy atom. The molecule has 1 aromatic carbocycles. The molecule has 5 aromatic rings. The summed E-state index contributed by atoms with van der Waals surface area (Å²) in [5.41, 5.74) is 5.46. The Labute approximate surface area is 219 Å². The Hall–Kier alpha value is -3.01. The lowest BCUT2D eigenvalue weighted by Gasteiger charge is -2.15. The van der Waals surface area contributed by atoms with Crippen LogP contribution in [-0.4, -0.2) is 30.1 Å². The first kappa shape index (κ1) is 22.5. The number of alkyl halides is 1. The van der Waals surface area contributed by atoms with Crippen molar-refractivity contribution in [3.8, 4) is 16.2 Å². The quantitative estimate of drug-likeness (QED) is 0.229. The number of nitrogens with zero attached hydrogens (tertiary/aromatic N) is 5. The molecule has 0 saturated heterocycles. The zero-order valence-corrected chi connectivity index (χ0v) is 21.7. The van der Waals surface area contributed by atoms with E-state index in [1.165, 1.54) is 21.7 Å². The molecule has 4 aromatic heterocycles. The molecule has 0 bridgehead atoms. The second-order valence-electron chi connectivity index (χ2n) is 8.11. The third-order valence-electron chi connectivity index (χ3n) is 5.98. The van der Waals surface area contributed by atoms with Gasteiger partial charge in [-0.15, -0.1) is 11.3 Å². The Morgan fingerprint density at radius 2 is 2.09 bits per heavy atom. The van der Waals surface area contributed by atoms with Gasteiger partial charge in [-0.3, -0.25) is 9.67 Å². The van der Waals surface area contributed by atoms with Crippen LogP contribution in [0.15, 0.2) is 55.1 Å². The van der Waals surface area contributed by atoms with E-state index < -0.39 is 0 Å². The van der Waals surface area contributed by atoms with E-state index in [1.807, 2.05) is 42.6 Å². The van der Waals surface area contributed by atoms with Gasteiger partial charge in [0, 0.05) is 33.3 Å². The number of nitrogens with one attached hydrogen (secondary N) is 1. The number of halogens is 2. The first-order valence-corrected chi connectivity index (χ1v) is 13.5. The van der Waals surface area contributed by atoms with Gasteiger partial charge in [0.25, 0.3) is 0 Å². The largest absolute Gasteiger partial charge is 0.486 e. The normalized spacial score (nSPS) is 12.4. The highest BCUT2D eigenvalue weighted by molar-refractivity contribution is 9.09. The molecule has 0 aliphatic heterocycles. The van der Waals surface area contributed by atoms with E-state index in [0.29, 0.717) is 17.4 Å². The summed E-state index contributed by atoms with van der Waals surface area (Å²) in [6, 6.07) is 11.4. The molecule has 4 heterocycles. The average Bonchev–Trinajstić information content (AvgIpc) is 3.46. The molecule has 0 amide bonds. The molecule has 0 atom stereocenters. The SMILES string of the molecule is Clc1cc(Nc2ncnc3sc4c(c23)CCc2c-4cnn2CCBr)ccc1OCc1ccccn1. The Morgan fingerprint density at radius 1 is 1.14 bits per heavy atom. The van der Waals surface area contributed by atoms with E-state index in [-0.39, 0.29) is 0 Å². The van der Waals surface area contributed by atoms with E-state index >= 15 is 0 Å². The van der Waals surface area contributed by atoms with Gasteiger partial charge in [-0.2, -0.15) is 5.10 Å². The molecule has 10 heteroatoms. The van der Waals surface area contributed by atoms with Gasteiger partial charge in [0.05, 0.1) is 28.8 Å². The molecule has 1 aliphatic carbocycles. The number of aromatic nitrogens is 5. The number of rotatable bonds is 7. The number of fused-ring (bicyclic) bond motifs is 5. The first-order valence-electron chi connectivity index (χ1n) is 11.2. The predicted octanol–water partition coefficient (Wildman–Crippen LogP) is 6.42. The monoisotopic (exact) mass is 566 g/mol. The minimum absolute atomic E-state index is 0.356. The smallest absolute Gasteiger partial charge is 0.142 e. The number of hydrogen-bond acceptors (Lipinski definition) is 7. The van der Waals surface area contributed by atoms with Gasteiger partial charge in [0.2, 0.25) is 0 Å². The summed E-state index contributed by atoms with van der Waals surface area (Å²) in [6.07, 6.45) is 7.21. The summed E-state index contributed by atoms with van der Waals surface area (Å²) in [7, 11) is 0. The molecule has 1 aliphatic rings. The summed E-state index contributed by atoms with van der Waals surface area (Å²) in [5, 5.41) is 10.5. The zero-order valence-electron chi connectivity index (χ0n) is 18.5. The molecule has 0 radical (unpaired) electrons. The number of pyridine rings is 1. The number of aryl methyl sites for hydroxylation is 2. The van der Waals surface area contributed by atoms with Gasteiger partial charge < -0.3 is 10.1 Å². The summed E-state index contributed by atoms with van der Waals surface area (Å²) in [4.78, 5) is 15.6. The fourth-order valence-electron chi connectivity index (χ4n) is 4.39. The van der Waals surface area contributed by atoms with E-state index in [2.05, 4.69) is 46.0 Å². The van der Waals surface area contributed by atoms with E-state index in [4.69, 9.17) is 16.3 Å². The maximum Gasteiger partial charge on any atom is 0.142 e. The topological polar surface area (TPSA) is 77.8 Å². The number of anilines is 2. The van der Waals surface area contributed by atoms with Crippen LogP contribution in [0.4, 0.5) is 11.5 Å². The molecule has 0 spiro atoms. The van der Waals surface area contributed by atoms with Crippen molar-refractivity contribution in [2.24, 2.45) is 0 Å². The van der Waals surface area contributed by atoms with Gasteiger partial charge in [0.15, 0.2) is 0 Å². The molecular weight excluding hydrogens is 548 g/mol. The number of hydrogen-bond donors (Lipinski definition) is 1. The molecule has 6 rings (SSSR count). The number of benzene rings is 1. The van der Waals surface area contributed by atoms with Crippen molar-refractivity contribution in [1.29, 1.82) is 0 Å². The van der Waals surface area contributed by atoms with Crippen molar-refractivity contribution in [3.05, 3.63) is 77.1 Å². The van der Waals surface area contributed by atoms with Gasteiger partial charge in [0.1, 0.15) is 29.3 Å². The van der Waals surface area contributed by atoms with E-state index in [1.54, 1.807) is 23.9 Å². The molecule has 35 heavy (non-hydrogen) atoms. The summed E-state index contributed by atoms with van der Waals surface area (Å²) >= 11 is 11.8. The van der Waals surface area contributed by atoms with Crippen LogP contribution < -0.4 is 10.1 Å². The Bertz CT molecular complexity index is 1520. The van der Waals surface area contributed by atoms with Crippen LogP contribution in [0.3, 0.4) is 0 Å². The minimum Gasteiger partial charge on any atom is -0.486 e. The third-order valence-corrected chi connectivity index (χ3v) is 7.81. The van der Waals surface area contributed by atoms with Gasteiger partial charge >= 0.3 is 0 Å². The highest BCUT2D eigenvalue weighted by Crippen LogP contribution is 2.45. The van der Waals surface area contributed by atoms with Crippen LogP contribution >= 0.6 is 38.9 Å². The maximum atomic E-state index is 6.53. The van der Waals surface area contributed by atoms with Crippen LogP contribution in [0.2, 0.25) is 5.02 Å². The van der Waals surface area contributed by atoms with Crippen LogP contribution in [0.5, 0.6) is 5.75 Å². The highest BCUT2D eigenvalue weighted by atomic mass is 79.9. The fourth-order valence-corrected chi connectivity index (χ4v) is 6.18. The van der Waals surface area contributed by atoms with Gasteiger partial charge in [-0.1, -0.05) is 33.6 Å². The zero-order chi connectivity index (χ0) is 23.8. The van der Waals surface area contributed by atoms with Crippen molar-refractivity contribution in [2.45, 2.75) is 26.0 Å². The molecular formula is C25H20BrClN6OS. The van der Waals surface area contributed by atoms with Crippen molar-refractivity contribution in [1.82, 2.24) is 24.7 Å². The van der Waals surface area contributed by atoms with Crippen LogP contribution in [0, 0.1) is 0 Å². The molecule has 7 nitrogen and oxygen atoms in total. The van der Waals surface area contributed by atoms with E-state index in [9.17, 15) is 0 Å². The summed E-state index contributed by atoms with van der Waals surface area (Å²) in [6.45, 7) is 1.22. The van der Waals surface area contributed by atoms with Crippen molar-refractivity contribution >= 4 is 60.6 Å². The first-order chi connectivity index (χ1) is 17.2. The minimum atomic E-state index is 0.356. The summed E-state index contributed by atoms with van der Waals surface area (Å²) < 4.78 is 7.95. The lowest BCUT2D eigenvalue weighted by atomic mass is 9.95. The standard InChI is InChI=1S/C25H20BrClN6OS/c26-8-10-33-20-6-5-17-22-24(29-14-30-25(22)35-23(17)18(20)12-31-33)32-15-4-7-21(19(27)11-15)34-13-16-3-1-2-9-28-16/h1-4,7,9,11-12,14H,5-6,8,10,13H2,(H,29,30,32). The van der Waals surface area contributed by atoms with Gasteiger partial charge in [-0.05, 0) is 48.7 Å². The van der Waals surface area contributed by atoms with Crippen molar-refractivity contribution < 1.29 is 4.74 Å². The average molecular weight is 568 g/mol. The van der Waals surface area contributed by atoms with Crippen LogP contribution in [-0.2, 0) is 26.0 Å². The van der Waals surface area contributed by atoms with E-state index in [0.717, 1.165) is 52.1 Å². The van der Waals surface area contributed by atoms with Crippen molar-refractivity contribution in [3.63, 3.8) is 0 Å². The third kappa shape index (κ3) is 4.28. The molecule has 0 unspecified atom stereocenters.